The molecular weight excluding hydrogens is 302 g/mol. The Hall–Kier alpha value is -3.06. The third-order valence-electron chi connectivity index (χ3n) is 4.59. The highest BCUT2D eigenvalue weighted by atomic mass is 14.9. The number of anilines is 1. The van der Waals surface area contributed by atoms with E-state index in [-0.39, 0.29) is 0 Å². The van der Waals surface area contributed by atoms with Gasteiger partial charge in [-0.05, 0) is 53.3 Å². The van der Waals surface area contributed by atoms with Gasteiger partial charge in [-0.1, -0.05) is 78.9 Å². The van der Waals surface area contributed by atoms with E-state index in [9.17, 15) is 0 Å². The Morgan fingerprint density at radius 2 is 1.12 bits per heavy atom. The zero-order valence-corrected chi connectivity index (χ0v) is 14.2. The molecule has 3 aromatic carbocycles. The zero-order valence-electron chi connectivity index (χ0n) is 14.2. The maximum absolute atomic E-state index is 3.55. The van der Waals surface area contributed by atoms with Crippen molar-refractivity contribution in [2.45, 2.75) is 12.8 Å². The minimum Gasteiger partial charge on any atom is -0.359 e. The van der Waals surface area contributed by atoms with E-state index in [1.54, 1.807) is 0 Å². The molecule has 0 saturated carbocycles. The molecule has 0 fully saturated rings. The molecule has 0 bridgehead atoms. The van der Waals surface area contributed by atoms with E-state index in [0.717, 1.165) is 18.5 Å². The van der Waals surface area contributed by atoms with Gasteiger partial charge in [-0.3, -0.25) is 0 Å². The Bertz CT molecular complexity index is 888. The maximum atomic E-state index is 3.55. The molecule has 0 aliphatic heterocycles. The van der Waals surface area contributed by atoms with Crippen LogP contribution in [0.5, 0.6) is 0 Å². The summed E-state index contributed by atoms with van der Waals surface area (Å²) in [5, 5.41) is 3.55. The van der Waals surface area contributed by atoms with Gasteiger partial charge >= 0.3 is 0 Å². The summed E-state index contributed by atoms with van der Waals surface area (Å²) in [6.07, 6.45) is 6.56. The van der Waals surface area contributed by atoms with Crippen LogP contribution in [0.15, 0.2) is 103 Å². The monoisotopic (exact) mass is 323 g/mol. The van der Waals surface area contributed by atoms with E-state index in [1.165, 1.54) is 28.0 Å². The molecule has 1 nitrogen and oxygen atoms in total. The molecule has 1 heteroatoms. The van der Waals surface area contributed by atoms with Crippen LogP contribution in [-0.2, 0) is 0 Å². The van der Waals surface area contributed by atoms with Gasteiger partial charge in [-0.25, -0.2) is 0 Å². The summed E-state index contributed by atoms with van der Waals surface area (Å²) in [5.41, 5.74) is 7.64. The first kappa shape index (κ1) is 15.5. The summed E-state index contributed by atoms with van der Waals surface area (Å²) in [7, 11) is 0. The Labute approximate surface area is 149 Å². The van der Waals surface area contributed by atoms with Crippen molar-refractivity contribution < 1.29 is 0 Å². The molecule has 0 aromatic heterocycles. The number of benzene rings is 3. The molecule has 0 saturated heterocycles. The van der Waals surface area contributed by atoms with Crippen molar-refractivity contribution in [3.63, 3.8) is 0 Å². The highest BCUT2D eigenvalue weighted by molar-refractivity contribution is 5.70. The first-order valence-corrected chi connectivity index (χ1v) is 8.76. The number of rotatable bonds is 4. The van der Waals surface area contributed by atoms with Gasteiger partial charge in [0.1, 0.15) is 0 Å². The molecule has 0 radical (unpaired) electrons. The second kappa shape index (κ2) is 7.23. The maximum Gasteiger partial charge on any atom is 0.0382 e. The van der Waals surface area contributed by atoms with Gasteiger partial charge in [0.15, 0.2) is 0 Å². The Kier molecular flexibility index (Phi) is 4.47. The average molecular weight is 323 g/mol. The summed E-state index contributed by atoms with van der Waals surface area (Å²) < 4.78 is 0. The molecule has 0 spiro atoms. The molecule has 1 N–H and O–H groups in total. The smallest absolute Gasteiger partial charge is 0.0382 e. The Balaban J connectivity index is 1.46. The molecule has 3 aromatic rings. The number of hydrogen-bond donors (Lipinski definition) is 1. The molecule has 0 unspecified atom stereocenters. The van der Waals surface area contributed by atoms with Crippen molar-refractivity contribution in [2.24, 2.45) is 0 Å². The fraction of sp³-hybridized carbons (Fsp3) is 0.0833. The van der Waals surface area contributed by atoms with E-state index in [4.69, 9.17) is 0 Å². The molecule has 4 rings (SSSR count). The van der Waals surface area contributed by atoms with Gasteiger partial charge in [-0.2, -0.15) is 0 Å². The second-order valence-electron chi connectivity index (χ2n) is 6.32. The molecular formula is C24H21N. The molecule has 122 valence electrons. The molecule has 0 heterocycles. The fourth-order valence-electron chi connectivity index (χ4n) is 3.20. The van der Waals surface area contributed by atoms with Crippen LogP contribution in [0.3, 0.4) is 0 Å². The van der Waals surface area contributed by atoms with E-state index in [1.807, 2.05) is 6.07 Å². The molecule has 25 heavy (non-hydrogen) atoms. The van der Waals surface area contributed by atoms with Crippen molar-refractivity contribution in [3.05, 3.63) is 108 Å². The lowest BCUT2D eigenvalue weighted by molar-refractivity contribution is 0.982. The first-order valence-electron chi connectivity index (χ1n) is 8.76. The summed E-state index contributed by atoms with van der Waals surface area (Å²) in [4.78, 5) is 0. The largest absolute Gasteiger partial charge is 0.359 e. The van der Waals surface area contributed by atoms with Crippen LogP contribution < -0.4 is 5.32 Å². The predicted molar refractivity (Wildman–Crippen MR) is 107 cm³/mol. The van der Waals surface area contributed by atoms with Crippen LogP contribution in [-0.4, -0.2) is 0 Å². The highest BCUT2D eigenvalue weighted by Crippen LogP contribution is 2.28. The lowest BCUT2D eigenvalue weighted by atomic mass is 9.96. The van der Waals surface area contributed by atoms with Gasteiger partial charge < -0.3 is 5.32 Å². The van der Waals surface area contributed by atoms with Crippen molar-refractivity contribution in [2.75, 3.05) is 5.32 Å². The molecule has 1 aliphatic rings. The standard InChI is InChI=1S/C24H21N/c1-3-7-19(8-4-1)21-11-15-23(16-12-21)25-24-17-13-22(14-18-24)20-9-5-2-6-10-20/h1-13,15-17,25H,14,18H2. The quantitative estimate of drug-likeness (QED) is 0.576. The Morgan fingerprint density at radius 1 is 0.520 bits per heavy atom. The summed E-state index contributed by atoms with van der Waals surface area (Å²) in [5.74, 6) is 0. The second-order valence-corrected chi connectivity index (χ2v) is 6.32. The minimum absolute atomic E-state index is 1.04. The SMILES string of the molecule is C1=C(Nc2ccc(-c3ccccc3)cc2)CCC(c2ccccc2)=C1. The normalized spacial score (nSPS) is 13.8. The zero-order chi connectivity index (χ0) is 16.9. The van der Waals surface area contributed by atoms with Gasteiger partial charge in [-0.15, -0.1) is 0 Å². The van der Waals surface area contributed by atoms with E-state index in [2.05, 4.69) is 96.3 Å². The number of nitrogens with one attached hydrogen (secondary N) is 1. The average Bonchev–Trinajstić information content (AvgIpc) is 2.71. The lowest BCUT2D eigenvalue weighted by Gasteiger charge is -2.17. The lowest BCUT2D eigenvalue weighted by Crippen LogP contribution is -2.03. The predicted octanol–water partition coefficient (Wildman–Crippen LogP) is 6.53. The van der Waals surface area contributed by atoms with Gasteiger partial charge in [0.05, 0.1) is 0 Å². The van der Waals surface area contributed by atoms with Crippen LogP contribution in [0.2, 0.25) is 0 Å². The summed E-state index contributed by atoms with van der Waals surface area (Å²) in [6.45, 7) is 0. The third kappa shape index (κ3) is 3.72. The highest BCUT2D eigenvalue weighted by Gasteiger charge is 2.08. The van der Waals surface area contributed by atoms with Crippen LogP contribution >= 0.6 is 0 Å². The van der Waals surface area contributed by atoms with E-state index in [0.29, 0.717) is 0 Å². The number of allylic oxidation sites excluding steroid dienone is 4. The first-order chi connectivity index (χ1) is 12.4. The Morgan fingerprint density at radius 3 is 1.72 bits per heavy atom. The van der Waals surface area contributed by atoms with Crippen molar-refractivity contribution >= 4 is 11.3 Å². The van der Waals surface area contributed by atoms with Gasteiger partial charge in [0, 0.05) is 11.4 Å². The fourth-order valence-corrected chi connectivity index (χ4v) is 3.20. The molecule has 0 atom stereocenters. The van der Waals surface area contributed by atoms with E-state index < -0.39 is 0 Å². The van der Waals surface area contributed by atoms with Crippen molar-refractivity contribution in [3.8, 4) is 11.1 Å². The van der Waals surface area contributed by atoms with Crippen LogP contribution in [0.25, 0.3) is 16.7 Å². The van der Waals surface area contributed by atoms with Crippen molar-refractivity contribution in [1.29, 1.82) is 0 Å². The van der Waals surface area contributed by atoms with Crippen molar-refractivity contribution in [1.82, 2.24) is 0 Å². The van der Waals surface area contributed by atoms with Crippen LogP contribution in [0, 0.1) is 0 Å². The number of hydrogen-bond acceptors (Lipinski definition) is 1. The summed E-state index contributed by atoms with van der Waals surface area (Å²) >= 11 is 0. The topological polar surface area (TPSA) is 12.0 Å². The van der Waals surface area contributed by atoms with Gasteiger partial charge in [0.2, 0.25) is 0 Å². The van der Waals surface area contributed by atoms with Crippen LogP contribution in [0.1, 0.15) is 18.4 Å². The van der Waals surface area contributed by atoms with Gasteiger partial charge in [0.25, 0.3) is 0 Å². The third-order valence-corrected chi connectivity index (χ3v) is 4.59. The molecule has 1 aliphatic carbocycles. The minimum atomic E-state index is 1.04. The molecule has 0 amide bonds. The summed E-state index contributed by atoms with van der Waals surface area (Å²) in [6, 6.07) is 29.8. The van der Waals surface area contributed by atoms with Crippen LogP contribution in [0.4, 0.5) is 5.69 Å². The van der Waals surface area contributed by atoms with E-state index >= 15 is 0 Å².